The first-order chi connectivity index (χ1) is 69.8. The molecule has 6 nitrogen and oxygen atoms in total. The zero-order valence-electron chi connectivity index (χ0n) is 82.0. The molecule has 0 spiro atoms. The first-order valence-electron chi connectivity index (χ1n) is 50.4. The first-order valence-corrected chi connectivity index (χ1v) is 52.0. The van der Waals surface area contributed by atoms with E-state index in [2.05, 4.69) is 576 Å². The lowest BCUT2D eigenvalue weighted by Crippen LogP contribution is -2.11. The second-order valence-corrected chi connectivity index (χ2v) is 38.9. The highest BCUT2D eigenvalue weighted by Gasteiger charge is 2.24. The van der Waals surface area contributed by atoms with Crippen molar-refractivity contribution in [1.82, 2.24) is 0 Å². The summed E-state index contributed by atoms with van der Waals surface area (Å²) in [5.74, 6) is 0. The molecule has 0 amide bonds. The van der Waals surface area contributed by atoms with Crippen LogP contribution in [0.15, 0.2) is 482 Å². The first kappa shape index (κ1) is 95.6. The van der Waals surface area contributed by atoms with E-state index >= 15 is 0 Å². The summed E-state index contributed by atoms with van der Waals surface area (Å²) in [7, 11) is 0. The zero-order chi connectivity index (χ0) is 97.0. The van der Waals surface area contributed by atoms with Crippen molar-refractivity contribution in [2.45, 2.75) is 119 Å². The topological polar surface area (TPSA) is 19.4 Å². The molecule has 20 aromatic rings. The van der Waals surface area contributed by atoms with Gasteiger partial charge in [-0.15, -0.1) is 0 Å². The molecule has 0 aliphatic heterocycles. The molecule has 0 atom stereocenters. The maximum atomic E-state index is 3.61. The quantitative estimate of drug-likeness (QED) is 0.0398. The van der Waals surface area contributed by atoms with Gasteiger partial charge in [-0.3, -0.25) is 0 Å². The molecule has 0 heterocycles. The van der Waals surface area contributed by atoms with Crippen molar-refractivity contribution in [1.29, 1.82) is 0 Å². The largest absolute Gasteiger partial charge is 0.311 e. The number of anilines is 18. The lowest BCUT2D eigenvalue weighted by Gasteiger charge is -2.28. The van der Waals surface area contributed by atoms with Gasteiger partial charge in [-0.1, -0.05) is 333 Å². The van der Waals surface area contributed by atoms with Gasteiger partial charge in [0.1, 0.15) is 0 Å². The van der Waals surface area contributed by atoms with E-state index in [1.54, 1.807) is 0 Å². The Morgan fingerprint density at radius 1 is 0.169 bits per heavy atom. The fraction of sp³-hybridized carbons (Fsp3) is 0.134. The summed E-state index contributed by atoms with van der Waals surface area (Å²) in [5, 5.41) is 4.81. The highest BCUT2D eigenvalue weighted by atomic mass is 79.9. The molecule has 0 aliphatic rings. The van der Waals surface area contributed by atoms with Crippen LogP contribution in [0.1, 0.15) is 112 Å². The van der Waals surface area contributed by atoms with Crippen molar-refractivity contribution in [3.05, 3.63) is 516 Å². The predicted octanol–water partition coefficient (Wildman–Crippen LogP) is 40.7. The number of nitrogens with zero attached hydrogens (tertiary/aromatic N) is 6. The summed E-state index contributed by atoms with van der Waals surface area (Å²) < 4.78 is 2.14. The number of unbranched alkanes of at least 4 members (excludes halogenated alkanes) is 4. The van der Waals surface area contributed by atoms with Gasteiger partial charge in [0, 0.05) is 111 Å². The normalized spacial score (nSPS) is 11.2. The summed E-state index contributed by atoms with van der Waals surface area (Å²) in [4.78, 5) is 14.2. The molecule has 0 bridgehead atoms. The molecule has 20 aromatic carbocycles. The number of aryl methyl sites for hydroxylation is 6. The van der Waals surface area contributed by atoms with Gasteiger partial charge in [-0.05, 0) is 379 Å². The van der Waals surface area contributed by atoms with Gasteiger partial charge >= 0.3 is 0 Å². The monoisotopic (exact) mass is 1970 g/mol. The molecule has 0 aromatic heterocycles. The van der Waals surface area contributed by atoms with Gasteiger partial charge in [0.05, 0.1) is 11.4 Å². The molecule has 0 unspecified atom stereocenters. The Labute approximate surface area is 857 Å². The predicted molar refractivity (Wildman–Crippen MR) is 617 cm³/mol. The smallest absolute Gasteiger partial charge is 0.0540 e. The Bertz CT molecular complexity index is 7370. The second-order valence-electron chi connectivity index (χ2n) is 37.1. The lowest BCUT2D eigenvalue weighted by atomic mass is 10.0. The highest BCUT2D eigenvalue weighted by Crippen LogP contribution is 2.48. The van der Waals surface area contributed by atoms with Gasteiger partial charge < -0.3 is 29.4 Å². The van der Waals surface area contributed by atoms with Crippen LogP contribution in [0.5, 0.6) is 0 Å². The van der Waals surface area contributed by atoms with Crippen LogP contribution in [0, 0.1) is 13.8 Å². The van der Waals surface area contributed by atoms with Gasteiger partial charge in [0.2, 0.25) is 0 Å². The molecular formula is C134H120Br2N6. The average molecular weight is 1970 g/mol. The van der Waals surface area contributed by atoms with E-state index in [0.717, 1.165) is 159 Å². The molecule has 0 saturated heterocycles. The van der Waals surface area contributed by atoms with Crippen molar-refractivity contribution >= 4 is 156 Å². The number of rotatable bonds is 34. The fourth-order valence-corrected chi connectivity index (χ4v) is 19.8. The number of fused-ring (bicyclic) bond motifs is 2. The number of benzene rings is 20. The summed E-state index contributed by atoms with van der Waals surface area (Å²) in [6.45, 7) is 13.3. The third-order valence-electron chi connectivity index (χ3n) is 27.1. The van der Waals surface area contributed by atoms with Gasteiger partial charge in [-0.25, -0.2) is 0 Å². The van der Waals surface area contributed by atoms with Crippen LogP contribution in [0.2, 0.25) is 0 Å². The van der Waals surface area contributed by atoms with Crippen molar-refractivity contribution in [3.8, 4) is 44.5 Å². The molecule has 8 heteroatoms. The Hall–Kier alpha value is -15.3. The Kier molecular flexibility index (Phi) is 30.8. The van der Waals surface area contributed by atoms with Crippen molar-refractivity contribution in [2.75, 3.05) is 29.4 Å². The molecule has 0 N–H and O–H groups in total. The van der Waals surface area contributed by atoms with Crippen molar-refractivity contribution in [2.24, 2.45) is 0 Å². The maximum absolute atomic E-state index is 3.61. The summed E-state index contributed by atoms with van der Waals surface area (Å²) in [5.41, 5.74) is 37.5. The van der Waals surface area contributed by atoms with Crippen LogP contribution in [0.4, 0.5) is 102 Å². The van der Waals surface area contributed by atoms with E-state index in [-0.39, 0.29) is 0 Å². The average Bonchev–Trinajstić information content (AvgIpc) is 0.789. The van der Waals surface area contributed by atoms with Gasteiger partial charge in [0.25, 0.3) is 0 Å². The summed E-state index contributed by atoms with van der Waals surface area (Å²) in [6, 6.07) is 174. The minimum Gasteiger partial charge on any atom is -0.311 e. The Morgan fingerprint density at radius 2 is 0.387 bits per heavy atom. The second kappa shape index (κ2) is 45.7. The van der Waals surface area contributed by atoms with E-state index in [1.807, 2.05) is 0 Å². The zero-order valence-corrected chi connectivity index (χ0v) is 85.1. The molecule has 0 aliphatic carbocycles. The van der Waals surface area contributed by atoms with Crippen LogP contribution in [-0.2, 0) is 25.7 Å². The van der Waals surface area contributed by atoms with Crippen LogP contribution in [-0.4, -0.2) is 0 Å². The van der Waals surface area contributed by atoms with Gasteiger partial charge in [0.15, 0.2) is 0 Å². The third-order valence-corrected chi connectivity index (χ3v) is 28.2. The van der Waals surface area contributed by atoms with Gasteiger partial charge in [-0.2, -0.15) is 0 Å². The number of hydrogen-bond donors (Lipinski definition) is 0. The van der Waals surface area contributed by atoms with E-state index in [9.17, 15) is 0 Å². The minimum atomic E-state index is 1.07. The maximum Gasteiger partial charge on any atom is 0.0540 e. The number of halogens is 2. The number of hydrogen-bond acceptors (Lipinski definition) is 6. The third kappa shape index (κ3) is 22.6. The van der Waals surface area contributed by atoms with Crippen LogP contribution >= 0.6 is 31.9 Å². The summed E-state index contributed by atoms with van der Waals surface area (Å²) in [6.07, 6.45) is 14.0. The molecule has 142 heavy (non-hydrogen) atoms. The van der Waals surface area contributed by atoms with Crippen LogP contribution in [0.25, 0.3) is 66.1 Å². The SMILES string of the molecule is CCCCc1ccc(N(c2ccc(Br)cc2)c2ccc(-c3ccc(N(c4ccc(Br)cc4)c4ccc(CCCC)cc4)cc3)cc2)cc1.CCCCc1ccc(N(c2ccc(C)cc2)c2ccc(-c3ccc(N(c4ccc(CCCC)cc4)c4ccc(-c5cccc(N(c6ccc(-c7ccc(N(c8cccc(C)c8)c8cccc9ccccc89)cc7)cc6)c6cccc7ccccc67)c5)cc4)cc3)cc2)cc1. The lowest BCUT2D eigenvalue weighted by molar-refractivity contribution is 0.795. The van der Waals surface area contributed by atoms with Crippen molar-refractivity contribution < 1.29 is 0 Å². The standard InChI is InChI=1S/C90H78N4.C44H42Br2N2/c1-5-7-18-67-33-49-78(50-34-67)91(77-47-31-65(3)32-48-77)80-53-37-69(38-54-80)70-39-55-81(56-40-70)92(79-51-35-68(36-52-79)19-8-6-2)82-57-45-73(46-58-82)76-24-14-26-86(64-76)94(90-30-16-23-75-21-10-12-28-88(75)90)84-61-43-72(44-62-84)71-41-59-83(60-42-71)93(85-25-13-17-66(4)63-85)89-29-15-22-74-20-9-11-27-87(74)89;1-3-5-7-33-9-21-39(22-10-33)47(43-29-17-37(45)18-30-43)41-25-13-35(14-26-41)36-15-27-42(28-16-36)48(44-31-19-38(46)20-32-44)40-23-11-34(12-24-40)8-6-4-2/h9-17,20-64H,5-8,18-19H2,1-4H3;9-32H,3-8H2,1-2H3. The summed E-state index contributed by atoms with van der Waals surface area (Å²) >= 11 is 7.21. The van der Waals surface area contributed by atoms with E-state index in [1.165, 1.54) is 129 Å². The van der Waals surface area contributed by atoms with Crippen molar-refractivity contribution in [3.63, 3.8) is 0 Å². The molecule has 20 rings (SSSR count). The Morgan fingerprint density at radius 3 is 0.662 bits per heavy atom. The molecule has 0 radical (unpaired) electrons. The minimum absolute atomic E-state index is 1.07. The Balaban J connectivity index is 0.000000223. The van der Waals surface area contributed by atoms with E-state index < -0.39 is 0 Å². The van der Waals surface area contributed by atoms with E-state index in [0.29, 0.717) is 0 Å². The molecule has 0 fully saturated rings. The highest BCUT2D eigenvalue weighted by molar-refractivity contribution is 9.10. The molecular weight excluding hydrogens is 1850 g/mol. The van der Waals surface area contributed by atoms with Crippen LogP contribution < -0.4 is 29.4 Å². The van der Waals surface area contributed by atoms with E-state index in [4.69, 9.17) is 0 Å². The molecule has 0 saturated carbocycles. The fourth-order valence-electron chi connectivity index (χ4n) is 19.3. The van der Waals surface area contributed by atoms with Crippen LogP contribution in [0.3, 0.4) is 0 Å². The molecule has 700 valence electrons.